The first-order valence-electron chi connectivity index (χ1n) is 10.6. The van der Waals surface area contributed by atoms with Crippen molar-refractivity contribution in [1.29, 1.82) is 0 Å². The Labute approximate surface area is 172 Å². The van der Waals surface area contributed by atoms with E-state index < -0.39 is 5.60 Å². The molecule has 0 spiro atoms. The van der Waals surface area contributed by atoms with Crippen molar-refractivity contribution < 1.29 is 23.8 Å². The number of rotatable bonds is 6. The first-order chi connectivity index (χ1) is 14.0. The fourth-order valence-corrected chi connectivity index (χ4v) is 4.42. The highest BCUT2D eigenvalue weighted by molar-refractivity contribution is 5.77. The van der Waals surface area contributed by atoms with Gasteiger partial charge >= 0.3 is 0 Å². The van der Waals surface area contributed by atoms with Crippen LogP contribution in [0.15, 0.2) is 24.3 Å². The molecule has 0 aromatic heterocycles. The van der Waals surface area contributed by atoms with Gasteiger partial charge in [0.1, 0.15) is 30.4 Å². The summed E-state index contributed by atoms with van der Waals surface area (Å²) in [5.41, 5.74) is -1.24. The molecule has 3 rings (SSSR count). The van der Waals surface area contributed by atoms with Crippen LogP contribution in [0.5, 0.6) is 5.75 Å². The maximum Gasteiger partial charge on any atom is 0.248 e. The Kier molecular flexibility index (Phi) is 7.86. The molecule has 1 saturated heterocycles. The summed E-state index contributed by atoms with van der Waals surface area (Å²) in [7, 11) is 1.49. The molecule has 1 aromatic carbocycles. The summed E-state index contributed by atoms with van der Waals surface area (Å²) in [5.74, 6) is -0.148. The van der Waals surface area contributed by atoms with Gasteiger partial charge < -0.3 is 19.5 Å². The molecule has 0 bridgehead atoms. The Morgan fingerprint density at radius 1 is 1.21 bits per heavy atom. The van der Waals surface area contributed by atoms with Crippen LogP contribution in [-0.4, -0.2) is 79.0 Å². The Bertz CT molecular complexity index is 666. The molecule has 162 valence electrons. The fourth-order valence-electron chi connectivity index (χ4n) is 4.42. The number of carbonyl (C=O) groups is 1. The van der Waals surface area contributed by atoms with Gasteiger partial charge in [-0.25, -0.2) is 4.39 Å². The molecule has 1 aliphatic carbocycles. The van der Waals surface area contributed by atoms with Gasteiger partial charge in [0.05, 0.1) is 6.54 Å². The number of hydrogen-bond donors (Lipinski definition) is 1. The van der Waals surface area contributed by atoms with Gasteiger partial charge in [-0.1, -0.05) is 31.7 Å². The molecule has 29 heavy (non-hydrogen) atoms. The van der Waals surface area contributed by atoms with Crippen LogP contribution in [0.4, 0.5) is 4.39 Å². The third-order valence-electron chi connectivity index (χ3n) is 5.90. The zero-order valence-corrected chi connectivity index (χ0v) is 17.3. The molecule has 2 fully saturated rings. The number of hydrogen-bond acceptors (Lipinski definition) is 5. The van der Waals surface area contributed by atoms with Crippen LogP contribution < -0.4 is 4.74 Å². The van der Waals surface area contributed by atoms with Crippen LogP contribution in [-0.2, 0) is 9.53 Å². The zero-order chi connectivity index (χ0) is 20.7. The first-order valence-corrected chi connectivity index (χ1v) is 10.6. The van der Waals surface area contributed by atoms with E-state index in [2.05, 4.69) is 4.90 Å². The van der Waals surface area contributed by atoms with E-state index in [-0.39, 0.29) is 31.5 Å². The SMILES string of the molecule is COCC(=O)N1CCN(C2CCCCCC2)C[C@@](O)(COc2cccc(F)c2)C1. The fraction of sp³-hybridized carbons (Fsp3) is 0.682. The largest absolute Gasteiger partial charge is 0.490 e. The summed E-state index contributed by atoms with van der Waals surface area (Å²) in [4.78, 5) is 16.5. The van der Waals surface area contributed by atoms with E-state index in [1.807, 2.05) is 0 Å². The second kappa shape index (κ2) is 10.4. The molecule has 1 aliphatic heterocycles. The normalized spacial score (nSPS) is 24.7. The minimum absolute atomic E-state index is 0.00354. The monoisotopic (exact) mass is 408 g/mol. The lowest BCUT2D eigenvalue weighted by Gasteiger charge is -2.36. The van der Waals surface area contributed by atoms with Crippen LogP contribution in [0.2, 0.25) is 0 Å². The highest BCUT2D eigenvalue weighted by Gasteiger charge is 2.39. The molecule has 1 heterocycles. The van der Waals surface area contributed by atoms with Crippen LogP contribution >= 0.6 is 0 Å². The zero-order valence-electron chi connectivity index (χ0n) is 17.3. The van der Waals surface area contributed by atoms with E-state index in [0.29, 0.717) is 24.9 Å². The van der Waals surface area contributed by atoms with Gasteiger partial charge in [0.2, 0.25) is 5.91 Å². The number of amides is 1. The van der Waals surface area contributed by atoms with Gasteiger partial charge in [-0.2, -0.15) is 0 Å². The average molecular weight is 409 g/mol. The highest BCUT2D eigenvalue weighted by atomic mass is 19.1. The van der Waals surface area contributed by atoms with Crippen molar-refractivity contribution in [3.8, 4) is 5.75 Å². The molecule has 6 nitrogen and oxygen atoms in total. The van der Waals surface area contributed by atoms with Crippen LogP contribution in [0.1, 0.15) is 38.5 Å². The Hall–Kier alpha value is -1.70. The highest BCUT2D eigenvalue weighted by Crippen LogP contribution is 2.26. The summed E-state index contributed by atoms with van der Waals surface area (Å²) < 4.78 is 24.2. The quantitative estimate of drug-likeness (QED) is 0.733. The molecule has 2 aliphatic rings. The Balaban J connectivity index is 1.74. The van der Waals surface area contributed by atoms with E-state index in [1.54, 1.807) is 17.0 Å². The number of halogens is 1. The molecule has 1 amide bonds. The lowest BCUT2D eigenvalue weighted by molar-refractivity contribution is -0.138. The molecule has 1 N–H and O–H groups in total. The standard InChI is InChI=1S/C22H33FN2O4/c1-28-14-21(26)25-12-11-24(19-8-4-2-3-5-9-19)15-22(27,16-25)17-29-20-10-6-7-18(23)13-20/h6-7,10,13,19,27H,2-5,8-9,11-12,14-17H2,1H3/t22-/m0/s1. The second-order valence-corrected chi connectivity index (χ2v) is 8.33. The van der Waals surface area contributed by atoms with Crippen molar-refractivity contribution in [2.45, 2.75) is 50.2 Å². The third kappa shape index (κ3) is 6.39. The number of methoxy groups -OCH3 is 1. The van der Waals surface area contributed by atoms with Gasteiger partial charge in [-0.15, -0.1) is 0 Å². The Morgan fingerprint density at radius 2 is 1.97 bits per heavy atom. The van der Waals surface area contributed by atoms with E-state index in [4.69, 9.17) is 9.47 Å². The summed E-state index contributed by atoms with van der Waals surface area (Å²) >= 11 is 0. The molecule has 0 radical (unpaired) electrons. The van der Waals surface area contributed by atoms with Crippen LogP contribution in [0.3, 0.4) is 0 Å². The lowest BCUT2D eigenvalue weighted by Crippen LogP contribution is -2.53. The van der Waals surface area contributed by atoms with Gasteiger partial charge in [-0.05, 0) is 25.0 Å². The maximum atomic E-state index is 13.5. The van der Waals surface area contributed by atoms with E-state index >= 15 is 0 Å². The smallest absolute Gasteiger partial charge is 0.248 e. The molecule has 1 saturated carbocycles. The first kappa shape index (κ1) is 22.0. The number of aliphatic hydroxyl groups is 1. The molecular formula is C22H33FN2O4. The van der Waals surface area contributed by atoms with Crippen molar-refractivity contribution in [1.82, 2.24) is 9.80 Å². The van der Waals surface area contributed by atoms with Crippen molar-refractivity contribution in [3.05, 3.63) is 30.1 Å². The third-order valence-corrected chi connectivity index (χ3v) is 5.90. The minimum atomic E-state index is -1.24. The predicted molar refractivity (Wildman–Crippen MR) is 108 cm³/mol. The summed E-state index contributed by atoms with van der Waals surface area (Å²) in [5, 5.41) is 11.4. The summed E-state index contributed by atoms with van der Waals surface area (Å²) in [6.07, 6.45) is 7.16. The van der Waals surface area contributed by atoms with Gasteiger partial charge in [0.15, 0.2) is 0 Å². The number of ether oxygens (including phenoxy) is 2. The van der Waals surface area contributed by atoms with Crippen molar-refractivity contribution in [3.63, 3.8) is 0 Å². The minimum Gasteiger partial charge on any atom is -0.490 e. The summed E-state index contributed by atoms with van der Waals surface area (Å²) in [6.45, 7) is 1.88. The van der Waals surface area contributed by atoms with Crippen LogP contribution in [0.25, 0.3) is 0 Å². The van der Waals surface area contributed by atoms with E-state index in [9.17, 15) is 14.3 Å². The van der Waals surface area contributed by atoms with Gasteiger partial charge in [0.25, 0.3) is 0 Å². The van der Waals surface area contributed by atoms with E-state index in [0.717, 1.165) is 19.4 Å². The maximum absolute atomic E-state index is 13.5. The average Bonchev–Trinajstić information content (AvgIpc) is 3.07. The van der Waals surface area contributed by atoms with Crippen molar-refractivity contribution >= 4 is 5.91 Å². The lowest BCUT2D eigenvalue weighted by atomic mass is 10.0. The predicted octanol–water partition coefficient (Wildman–Crippen LogP) is 2.45. The number of carbonyl (C=O) groups excluding carboxylic acids is 1. The summed E-state index contributed by atoms with van der Waals surface area (Å²) in [6, 6.07) is 6.31. The van der Waals surface area contributed by atoms with Crippen LogP contribution in [0, 0.1) is 5.82 Å². The van der Waals surface area contributed by atoms with Gasteiger partial charge in [-0.3, -0.25) is 9.69 Å². The molecule has 7 heteroatoms. The number of benzene rings is 1. The van der Waals surface area contributed by atoms with E-state index in [1.165, 1.54) is 44.9 Å². The molecule has 1 aromatic rings. The number of nitrogens with zero attached hydrogens (tertiary/aromatic N) is 2. The second-order valence-electron chi connectivity index (χ2n) is 8.33. The van der Waals surface area contributed by atoms with Crippen molar-refractivity contribution in [2.75, 3.05) is 46.5 Å². The van der Waals surface area contributed by atoms with Crippen molar-refractivity contribution in [2.24, 2.45) is 0 Å². The molecular weight excluding hydrogens is 375 g/mol. The number of β-amino-alcohol motifs (C(OH)–C–C–N with tert-alkyl or cyclic N) is 1. The topological polar surface area (TPSA) is 62.2 Å². The Morgan fingerprint density at radius 3 is 2.66 bits per heavy atom. The van der Waals surface area contributed by atoms with Gasteiger partial charge in [0, 0.05) is 38.9 Å². The molecule has 0 unspecified atom stereocenters. The molecule has 1 atom stereocenters.